The molecule has 1 aromatic rings. The van der Waals surface area contributed by atoms with Crippen LogP contribution in [0.3, 0.4) is 0 Å². The Hall–Kier alpha value is -1.40. The fourth-order valence-electron chi connectivity index (χ4n) is 1.76. The second-order valence-electron chi connectivity index (χ2n) is 3.68. The molecule has 0 saturated carbocycles. The molecule has 1 saturated heterocycles. The number of hydrogen-bond acceptors (Lipinski definition) is 5. The van der Waals surface area contributed by atoms with Crippen LogP contribution < -0.4 is 0 Å². The van der Waals surface area contributed by atoms with Crippen LogP contribution in [0.5, 0.6) is 0 Å². The van der Waals surface area contributed by atoms with Crippen molar-refractivity contribution in [3.8, 4) is 0 Å². The first-order valence-electron chi connectivity index (χ1n) is 5.39. The van der Waals surface area contributed by atoms with Crippen molar-refractivity contribution < 1.29 is 9.94 Å². The van der Waals surface area contributed by atoms with Crippen LogP contribution in [0.4, 0.5) is 0 Å². The smallest absolute Gasteiger partial charge is 0.154 e. The van der Waals surface area contributed by atoms with E-state index in [9.17, 15) is 0 Å². The number of rotatable bonds is 4. The summed E-state index contributed by atoms with van der Waals surface area (Å²) in [5.74, 6) is 0.677. The summed E-state index contributed by atoms with van der Waals surface area (Å²) in [4.78, 5) is 6.43. The summed E-state index contributed by atoms with van der Waals surface area (Å²) in [6, 6.07) is 0. The third kappa shape index (κ3) is 2.80. The minimum Gasteiger partial charge on any atom is -0.411 e. The van der Waals surface area contributed by atoms with E-state index >= 15 is 0 Å². The average molecular weight is 224 g/mol. The minimum absolute atomic E-state index is 0.677. The minimum atomic E-state index is 0.677. The molecule has 1 aromatic heterocycles. The highest BCUT2D eigenvalue weighted by Crippen LogP contribution is 1.99. The number of nitrogens with zero attached hydrogens (tertiary/aromatic N) is 4. The van der Waals surface area contributed by atoms with E-state index in [1.165, 1.54) is 6.21 Å². The van der Waals surface area contributed by atoms with Crippen LogP contribution in [0.1, 0.15) is 5.82 Å². The summed E-state index contributed by atoms with van der Waals surface area (Å²) in [5.41, 5.74) is 0. The fraction of sp³-hybridized carbons (Fsp3) is 0.600. The van der Waals surface area contributed by atoms with Crippen molar-refractivity contribution in [1.29, 1.82) is 0 Å². The van der Waals surface area contributed by atoms with Crippen LogP contribution in [0.25, 0.3) is 0 Å². The zero-order valence-electron chi connectivity index (χ0n) is 9.12. The van der Waals surface area contributed by atoms with Gasteiger partial charge in [-0.1, -0.05) is 5.16 Å². The highest BCUT2D eigenvalue weighted by atomic mass is 16.5. The second kappa shape index (κ2) is 5.62. The van der Waals surface area contributed by atoms with Gasteiger partial charge in [0.05, 0.1) is 13.2 Å². The number of imidazole rings is 1. The lowest BCUT2D eigenvalue weighted by atomic mass is 10.4. The Morgan fingerprint density at radius 1 is 1.44 bits per heavy atom. The lowest BCUT2D eigenvalue weighted by Crippen LogP contribution is -2.38. The van der Waals surface area contributed by atoms with Crippen molar-refractivity contribution >= 4 is 6.21 Å². The molecular formula is C10H16N4O2. The van der Waals surface area contributed by atoms with Gasteiger partial charge in [0, 0.05) is 38.6 Å². The molecule has 0 aliphatic carbocycles. The normalized spacial score (nSPS) is 18.2. The Bertz CT molecular complexity index is 344. The summed E-state index contributed by atoms with van der Waals surface area (Å²) >= 11 is 0. The highest BCUT2D eigenvalue weighted by Gasteiger charge is 2.10. The first-order valence-corrected chi connectivity index (χ1v) is 5.39. The predicted molar refractivity (Wildman–Crippen MR) is 58.9 cm³/mol. The molecule has 0 unspecified atom stereocenters. The van der Waals surface area contributed by atoms with Gasteiger partial charge in [-0.15, -0.1) is 0 Å². The van der Waals surface area contributed by atoms with E-state index in [1.807, 2.05) is 10.8 Å². The van der Waals surface area contributed by atoms with Crippen molar-refractivity contribution in [2.45, 2.75) is 6.54 Å². The average Bonchev–Trinajstić information content (AvgIpc) is 2.76. The molecule has 1 N–H and O–H groups in total. The number of morpholine rings is 1. The first-order chi connectivity index (χ1) is 7.90. The quantitative estimate of drug-likeness (QED) is 0.445. The van der Waals surface area contributed by atoms with E-state index in [2.05, 4.69) is 15.0 Å². The summed E-state index contributed by atoms with van der Waals surface area (Å²) in [6.07, 6.45) is 4.94. The van der Waals surface area contributed by atoms with Gasteiger partial charge in [0.15, 0.2) is 5.82 Å². The Morgan fingerprint density at radius 2 is 2.25 bits per heavy atom. The monoisotopic (exact) mass is 224 g/mol. The maximum atomic E-state index is 8.47. The van der Waals surface area contributed by atoms with Gasteiger partial charge in [0.2, 0.25) is 0 Å². The van der Waals surface area contributed by atoms with Crippen molar-refractivity contribution in [2.75, 3.05) is 32.8 Å². The Morgan fingerprint density at radius 3 is 3.00 bits per heavy atom. The molecule has 0 amide bonds. The molecule has 1 fully saturated rings. The lowest BCUT2D eigenvalue weighted by Gasteiger charge is -2.26. The Kier molecular flexibility index (Phi) is 3.90. The van der Waals surface area contributed by atoms with Gasteiger partial charge in [-0.2, -0.15) is 0 Å². The predicted octanol–water partition coefficient (Wildman–Crippen LogP) is 0.0234. The number of oxime groups is 1. The molecule has 2 heterocycles. The Balaban J connectivity index is 1.86. The lowest BCUT2D eigenvalue weighted by molar-refractivity contribution is 0.0364. The fourth-order valence-corrected chi connectivity index (χ4v) is 1.76. The third-order valence-corrected chi connectivity index (χ3v) is 2.68. The standard InChI is InChI=1S/C10H16N4O2/c15-12-9-10-11-1-2-14(10)4-3-13-5-7-16-8-6-13/h1-2,9,15H,3-8H2. The SMILES string of the molecule is ON=Cc1nccn1CCN1CCOCC1. The van der Waals surface area contributed by atoms with Crippen LogP contribution in [0.2, 0.25) is 0 Å². The van der Waals surface area contributed by atoms with Crippen LogP contribution in [-0.4, -0.2) is 58.7 Å². The van der Waals surface area contributed by atoms with E-state index in [1.54, 1.807) is 6.20 Å². The molecule has 2 rings (SSSR count). The van der Waals surface area contributed by atoms with E-state index in [0.29, 0.717) is 5.82 Å². The summed E-state index contributed by atoms with van der Waals surface area (Å²) in [6.45, 7) is 5.41. The molecular weight excluding hydrogens is 208 g/mol. The molecule has 6 heteroatoms. The summed E-state index contributed by atoms with van der Waals surface area (Å²) in [5, 5.41) is 11.5. The van der Waals surface area contributed by atoms with Crippen molar-refractivity contribution in [2.24, 2.45) is 5.16 Å². The zero-order valence-corrected chi connectivity index (χ0v) is 9.12. The zero-order chi connectivity index (χ0) is 11.2. The number of ether oxygens (including phenoxy) is 1. The molecule has 6 nitrogen and oxygen atoms in total. The van der Waals surface area contributed by atoms with Crippen molar-refractivity contribution in [3.05, 3.63) is 18.2 Å². The van der Waals surface area contributed by atoms with Gasteiger partial charge in [0.1, 0.15) is 6.21 Å². The van der Waals surface area contributed by atoms with Gasteiger partial charge in [-0.25, -0.2) is 4.98 Å². The molecule has 0 radical (unpaired) electrons. The van der Waals surface area contributed by atoms with E-state index in [0.717, 1.165) is 39.4 Å². The first kappa shape index (κ1) is 11.1. The summed E-state index contributed by atoms with van der Waals surface area (Å²) in [7, 11) is 0. The Labute approximate surface area is 94.1 Å². The van der Waals surface area contributed by atoms with Gasteiger partial charge in [-0.3, -0.25) is 4.90 Å². The third-order valence-electron chi connectivity index (χ3n) is 2.68. The van der Waals surface area contributed by atoms with E-state index in [-0.39, 0.29) is 0 Å². The largest absolute Gasteiger partial charge is 0.411 e. The maximum absolute atomic E-state index is 8.47. The second-order valence-corrected chi connectivity index (χ2v) is 3.68. The molecule has 88 valence electrons. The van der Waals surface area contributed by atoms with Crippen LogP contribution in [0, 0.1) is 0 Å². The maximum Gasteiger partial charge on any atom is 0.154 e. The van der Waals surface area contributed by atoms with Crippen LogP contribution in [0.15, 0.2) is 17.5 Å². The number of aromatic nitrogens is 2. The van der Waals surface area contributed by atoms with Crippen LogP contribution in [-0.2, 0) is 11.3 Å². The molecule has 16 heavy (non-hydrogen) atoms. The van der Waals surface area contributed by atoms with Gasteiger partial charge < -0.3 is 14.5 Å². The molecule has 1 aliphatic heterocycles. The van der Waals surface area contributed by atoms with Gasteiger partial charge in [0.25, 0.3) is 0 Å². The molecule has 1 aliphatic rings. The van der Waals surface area contributed by atoms with Crippen molar-refractivity contribution in [3.63, 3.8) is 0 Å². The molecule has 0 spiro atoms. The van der Waals surface area contributed by atoms with Crippen molar-refractivity contribution in [1.82, 2.24) is 14.5 Å². The van der Waals surface area contributed by atoms with Crippen LogP contribution >= 0.6 is 0 Å². The van der Waals surface area contributed by atoms with E-state index in [4.69, 9.17) is 9.94 Å². The number of hydrogen-bond donors (Lipinski definition) is 1. The van der Waals surface area contributed by atoms with Gasteiger partial charge >= 0.3 is 0 Å². The topological polar surface area (TPSA) is 62.9 Å². The molecule has 0 atom stereocenters. The highest BCUT2D eigenvalue weighted by molar-refractivity contribution is 5.74. The summed E-state index contributed by atoms with van der Waals surface area (Å²) < 4.78 is 7.25. The molecule has 0 bridgehead atoms. The molecule has 0 aromatic carbocycles. The van der Waals surface area contributed by atoms with Gasteiger partial charge in [-0.05, 0) is 0 Å². The van der Waals surface area contributed by atoms with E-state index < -0.39 is 0 Å².